The number of unbranched alkanes of at least 4 members (excludes halogenated alkanes) is 43. The maximum Gasteiger partial charge on any atom is 0.306 e. The molecule has 0 saturated carbocycles. The number of hydrogen-bond donors (Lipinski definition) is 0. The molecule has 0 aromatic carbocycles. The van der Waals surface area contributed by atoms with Gasteiger partial charge in [0.15, 0.2) is 6.10 Å². The van der Waals surface area contributed by atoms with E-state index < -0.39 is 6.10 Å². The molecule has 1 unspecified atom stereocenters. The first-order chi connectivity index (χ1) is 39.0. The first kappa shape index (κ1) is 76.1. The molecular formula is C73H132O6. The summed E-state index contributed by atoms with van der Waals surface area (Å²) >= 11 is 0. The fourth-order valence-corrected chi connectivity index (χ4v) is 10.4. The zero-order valence-electron chi connectivity index (χ0n) is 52.9. The van der Waals surface area contributed by atoms with E-state index in [1.54, 1.807) is 0 Å². The van der Waals surface area contributed by atoms with Gasteiger partial charge in [0.2, 0.25) is 0 Å². The summed E-state index contributed by atoms with van der Waals surface area (Å²) in [4.78, 5) is 38.1. The third-order valence-electron chi connectivity index (χ3n) is 15.5. The van der Waals surface area contributed by atoms with Gasteiger partial charge in [-0.3, -0.25) is 14.4 Å². The van der Waals surface area contributed by atoms with Crippen LogP contribution < -0.4 is 0 Å². The molecule has 0 spiro atoms. The number of carbonyl (C=O) groups excluding carboxylic acids is 3. The van der Waals surface area contributed by atoms with Crippen LogP contribution in [0.25, 0.3) is 0 Å². The molecule has 0 aliphatic rings. The molecule has 0 aliphatic carbocycles. The lowest BCUT2D eigenvalue weighted by atomic mass is 10.0. The lowest BCUT2D eigenvalue weighted by molar-refractivity contribution is -0.167. The van der Waals surface area contributed by atoms with Crippen molar-refractivity contribution in [2.75, 3.05) is 13.2 Å². The van der Waals surface area contributed by atoms with Gasteiger partial charge >= 0.3 is 17.9 Å². The maximum absolute atomic E-state index is 12.9. The van der Waals surface area contributed by atoms with E-state index in [0.717, 1.165) is 109 Å². The molecule has 0 N–H and O–H groups in total. The van der Waals surface area contributed by atoms with Crippen molar-refractivity contribution in [1.82, 2.24) is 0 Å². The van der Waals surface area contributed by atoms with E-state index >= 15 is 0 Å². The maximum atomic E-state index is 12.9. The molecule has 0 aliphatic heterocycles. The van der Waals surface area contributed by atoms with Crippen molar-refractivity contribution in [2.45, 2.75) is 374 Å². The molecule has 0 bridgehead atoms. The SMILES string of the molecule is CC/C=C\C/C=C\C/C=C\C/C=C\C/C=C\CCCCCCCC(=O)OC(COC(=O)CCCCCCCCC)COC(=O)CCCCCCCCCCCCCCCCCCCCCCCCCCCCCCCCCCC. The number of allylic oxidation sites excluding steroid dienone is 10. The van der Waals surface area contributed by atoms with Crippen molar-refractivity contribution in [3.8, 4) is 0 Å². The Hall–Kier alpha value is -2.89. The van der Waals surface area contributed by atoms with Gasteiger partial charge in [0.25, 0.3) is 0 Å². The lowest BCUT2D eigenvalue weighted by Crippen LogP contribution is -2.30. The van der Waals surface area contributed by atoms with Crippen molar-refractivity contribution in [1.29, 1.82) is 0 Å². The van der Waals surface area contributed by atoms with E-state index in [-0.39, 0.29) is 31.1 Å². The molecule has 460 valence electrons. The van der Waals surface area contributed by atoms with Gasteiger partial charge in [0.05, 0.1) is 0 Å². The van der Waals surface area contributed by atoms with Crippen molar-refractivity contribution in [3.63, 3.8) is 0 Å². The summed E-state index contributed by atoms with van der Waals surface area (Å²) in [6.45, 7) is 6.52. The van der Waals surface area contributed by atoms with Gasteiger partial charge in [-0.15, -0.1) is 0 Å². The standard InChI is InChI=1S/C73H132O6/c1-4-7-10-13-16-18-20-22-24-26-28-30-31-32-33-34-35-36-37-38-39-40-41-43-44-46-48-50-52-54-57-60-63-66-72(75)78-69-70(68-77-71(74)65-62-59-56-15-12-9-6-3)79-73(76)67-64-61-58-55-53-51-49-47-45-42-29-27-25-23-21-19-17-14-11-8-5-2/h8,11,17,19,23,25,29,42,47,49,70H,4-7,9-10,12-16,18,20-22,24,26-28,30-41,43-46,48,50-69H2,1-3H3/b11-8-,19-17-,25-23-,42-29-,49-47-. The van der Waals surface area contributed by atoms with Crippen LogP contribution in [-0.4, -0.2) is 37.2 Å². The molecule has 6 heteroatoms. The number of ether oxygens (including phenoxy) is 3. The normalized spacial score (nSPS) is 12.4. The van der Waals surface area contributed by atoms with Crippen LogP contribution >= 0.6 is 0 Å². The summed E-state index contributed by atoms with van der Waals surface area (Å²) in [6, 6.07) is 0. The van der Waals surface area contributed by atoms with Crippen molar-refractivity contribution >= 4 is 17.9 Å². The molecule has 6 nitrogen and oxygen atoms in total. The van der Waals surface area contributed by atoms with Gasteiger partial charge in [-0.1, -0.05) is 345 Å². The molecule has 79 heavy (non-hydrogen) atoms. The highest BCUT2D eigenvalue weighted by atomic mass is 16.6. The van der Waals surface area contributed by atoms with Gasteiger partial charge in [-0.2, -0.15) is 0 Å². The van der Waals surface area contributed by atoms with Crippen LogP contribution in [0.2, 0.25) is 0 Å². The third-order valence-corrected chi connectivity index (χ3v) is 15.5. The minimum absolute atomic E-state index is 0.0786. The van der Waals surface area contributed by atoms with Gasteiger partial charge in [-0.25, -0.2) is 0 Å². The van der Waals surface area contributed by atoms with E-state index in [0.29, 0.717) is 19.3 Å². The van der Waals surface area contributed by atoms with Gasteiger partial charge in [-0.05, 0) is 64.2 Å². The van der Waals surface area contributed by atoms with E-state index in [1.807, 2.05) is 0 Å². The van der Waals surface area contributed by atoms with Crippen LogP contribution in [0.4, 0.5) is 0 Å². The highest BCUT2D eigenvalue weighted by Crippen LogP contribution is 2.18. The van der Waals surface area contributed by atoms with Crippen LogP contribution in [0.15, 0.2) is 60.8 Å². The molecule has 1 atom stereocenters. The highest BCUT2D eigenvalue weighted by Gasteiger charge is 2.19. The Kier molecular flexibility index (Phi) is 65.1. The Morgan fingerprint density at radius 3 is 0.772 bits per heavy atom. The topological polar surface area (TPSA) is 78.9 Å². The Morgan fingerprint density at radius 2 is 0.494 bits per heavy atom. The fourth-order valence-electron chi connectivity index (χ4n) is 10.4. The van der Waals surface area contributed by atoms with Crippen LogP contribution in [-0.2, 0) is 28.6 Å². The minimum atomic E-state index is -0.781. The van der Waals surface area contributed by atoms with Gasteiger partial charge < -0.3 is 14.2 Å². The molecule has 0 rings (SSSR count). The first-order valence-electron chi connectivity index (χ1n) is 34.8. The molecule has 0 aromatic rings. The zero-order chi connectivity index (χ0) is 57.1. The van der Waals surface area contributed by atoms with E-state index in [9.17, 15) is 14.4 Å². The van der Waals surface area contributed by atoms with Crippen molar-refractivity contribution in [2.24, 2.45) is 0 Å². The summed E-state index contributed by atoms with van der Waals surface area (Å²) in [6.07, 6.45) is 87.2. The second-order valence-corrected chi connectivity index (χ2v) is 23.4. The number of rotatable bonds is 64. The van der Waals surface area contributed by atoms with Crippen LogP contribution in [0.3, 0.4) is 0 Å². The lowest BCUT2D eigenvalue weighted by Gasteiger charge is -2.18. The van der Waals surface area contributed by atoms with Crippen LogP contribution in [0.1, 0.15) is 367 Å². The van der Waals surface area contributed by atoms with E-state index in [1.165, 1.54) is 218 Å². The van der Waals surface area contributed by atoms with Crippen LogP contribution in [0.5, 0.6) is 0 Å². The number of hydrogen-bond acceptors (Lipinski definition) is 6. The Bertz CT molecular complexity index is 1410. The zero-order valence-corrected chi connectivity index (χ0v) is 52.9. The molecule has 0 heterocycles. The quantitative estimate of drug-likeness (QED) is 0.0261. The summed E-state index contributed by atoms with van der Waals surface area (Å²) in [5.41, 5.74) is 0. The molecule has 0 radical (unpaired) electrons. The molecule has 0 fully saturated rings. The summed E-state index contributed by atoms with van der Waals surface area (Å²) < 4.78 is 16.8. The third kappa shape index (κ3) is 65.8. The predicted molar refractivity (Wildman–Crippen MR) is 344 cm³/mol. The predicted octanol–water partition coefficient (Wildman–Crippen LogP) is 23.9. The largest absolute Gasteiger partial charge is 0.462 e. The fraction of sp³-hybridized carbons (Fsp3) is 0.822. The minimum Gasteiger partial charge on any atom is -0.462 e. The molecular weight excluding hydrogens is 973 g/mol. The number of esters is 3. The highest BCUT2D eigenvalue weighted by molar-refractivity contribution is 5.71. The van der Waals surface area contributed by atoms with Gasteiger partial charge in [0, 0.05) is 19.3 Å². The van der Waals surface area contributed by atoms with Gasteiger partial charge in [0.1, 0.15) is 13.2 Å². The Labute approximate surface area is 491 Å². The van der Waals surface area contributed by atoms with Crippen LogP contribution in [0, 0.1) is 0 Å². The first-order valence-corrected chi connectivity index (χ1v) is 34.8. The summed E-state index contributed by atoms with van der Waals surface area (Å²) in [5.74, 6) is -0.887. The second-order valence-electron chi connectivity index (χ2n) is 23.4. The Balaban J connectivity index is 4.01. The van der Waals surface area contributed by atoms with Crippen molar-refractivity contribution < 1.29 is 28.6 Å². The monoisotopic (exact) mass is 1110 g/mol. The molecule has 0 saturated heterocycles. The average molecular weight is 1110 g/mol. The Morgan fingerprint density at radius 1 is 0.266 bits per heavy atom. The van der Waals surface area contributed by atoms with E-state index in [4.69, 9.17) is 14.2 Å². The van der Waals surface area contributed by atoms with E-state index in [2.05, 4.69) is 81.5 Å². The smallest absolute Gasteiger partial charge is 0.306 e. The number of carbonyl (C=O) groups is 3. The molecule has 0 aromatic heterocycles. The van der Waals surface area contributed by atoms with Crippen molar-refractivity contribution in [3.05, 3.63) is 60.8 Å². The summed E-state index contributed by atoms with van der Waals surface area (Å²) in [5, 5.41) is 0. The average Bonchev–Trinajstić information content (AvgIpc) is 3.45. The molecule has 0 amide bonds. The second kappa shape index (κ2) is 67.6. The summed E-state index contributed by atoms with van der Waals surface area (Å²) in [7, 11) is 0.